The number of urea groups is 1. The minimum atomic E-state index is -4.48. The van der Waals surface area contributed by atoms with Crippen LogP contribution in [-0.4, -0.2) is 50.9 Å². The smallest absolute Gasteiger partial charge is 0.373 e. The third-order valence-electron chi connectivity index (χ3n) is 5.30. The molecule has 0 aromatic carbocycles. The molecule has 1 N–H and O–H groups in total. The highest BCUT2D eigenvalue weighted by molar-refractivity contribution is 8.04. The number of carbonyl (C=O) groups is 2. The van der Waals surface area contributed by atoms with Crippen molar-refractivity contribution >= 4 is 41.1 Å². The predicted molar refractivity (Wildman–Crippen MR) is 114 cm³/mol. The maximum Gasteiger partial charge on any atom is 0.446 e. The fourth-order valence-corrected chi connectivity index (χ4v) is 4.61. The van der Waals surface area contributed by atoms with Gasteiger partial charge in [0.25, 0.3) is 5.91 Å². The first-order chi connectivity index (χ1) is 14.3. The first-order valence-electron chi connectivity index (χ1n) is 9.48. The van der Waals surface area contributed by atoms with Crippen molar-refractivity contribution in [1.82, 2.24) is 14.8 Å². The molecule has 1 aromatic heterocycles. The minimum absolute atomic E-state index is 0.130. The summed E-state index contributed by atoms with van der Waals surface area (Å²) in [4.78, 5) is 33.0. The van der Waals surface area contributed by atoms with Crippen LogP contribution >= 0.6 is 23.4 Å². The van der Waals surface area contributed by atoms with Gasteiger partial charge in [-0.1, -0.05) is 24.6 Å². The minimum Gasteiger partial charge on any atom is -0.373 e. The largest absolute Gasteiger partial charge is 0.446 e. The van der Waals surface area contributed by atoms with E-state index in [1.54, 1.807) is 46.1 Å². The lowest BCUT2D eigenvalue weighted by Gasteiger charge is -2.31. The van der Waals surface area contributed by atoms with E-state index in [2.05, 4.69) is 10.3 Å². The molecule has 3 rings (SSSR count). The van der Waals surface area contributed by atoms with Crippen LogP contribution in [-0.2, 0) is 11.3 Å². The second-order valence-corrected chi connectivity index (χ2v) is 9.36. The summed E-state index contributed by atoms with van der Waals surface area (Å²) in [6, 6.07) is 2.23. The molecule has 0 spiro atoms. The lowest BCUT2D eigenvalue weighted by Crippen LogP contribution is -2.45. The van der Waals surface area contributed by atoms with E-state index in [0.29, 0.717) is 5.82 Å². The van der Waals surface area contributed by atoms with E-state index in [4.69, 9.17) is 11.6 Å². The summed E-state index contributed by atoms with van der Waals surface area (Å²) in [5.74, 6) is -0.341. The van der Waals surface area contributed by atoms with Crippen LogP contribution in [0.4, 0.5) is 23.8 Å². The molecule has 2 aliphatic rings. The van der Waals surface area contributed by atoms with Crippen LogP contribution in [0.25, 0.3) is 0 Å². The second-order valence-electron chi connectivity index (χ2n) is 7.85. The first-order valence-corrected chi connectivity index (χ1v) is 10.7. The molecule has 31 heavy (non-hydrogen) atoms. The third-order valence-corrected chi connectivity index (χ3v) is 6.55. The third kappa shape index (κ3) is 4.69. The van der Waals surface area contributed by atoms with Crippen molar-refractivity contribution in [3.05, 3.63) is 46.0 Å². The van der Waals surface area contributed by atoms with Gasteiger partial charge in [0.2, 0.25) is 0 Å². The van der Waals surface area contributed by atoms with Crippen molar-refractivity contribution in [3.8, 4) is 0 Å². The summed E-state index contributed by atoms with van der Waals surface area (Å²) in [5.41, 5.74) is -4.84. The average molecular weight is 475 g/mol. The van der Waals surface area contributed by atoms with Crippen LogP contribution in [0.3, 0.4) is 0 Å². The number of thioether (sulfide) groups is 1. The van der Waals surface area contributed by atoms with E-state index in [0.717, 1.165) is 10.5 Å². The van der Waals surface area contributed by atoms with E-state index in [-0.39, 0.29) is 28.2 Å². The molecular weight excluding hydrogens is 453 g/mol. The number of nitrogens with zero attached hydrogens (tertiary/aromatic N) is 3. The number of carbonyl (C=O) groups excluding carboxylic acids is 2. The summed E-state index contributed by atoms with van der Waals surface area (Å²) in [6.45, 7) is 5.12. The number of halogens is 4. The summed E-state index contributed by atoms with van der Waals surface area (Å²) in [7, 11) is 1.72. The van der Waals surface area contributed by atoms with Gasteiger partial charge in [0.1, 0.15) is 11.4 Å². The van der Waals surface area contributed by atoms with E-state index < -0.39 is 34.9 Å². The zero-order valence-electron chi connectivity index (χ0n) is 17.3. The molecule has 1 aliphatic heterocycles. The maximum absolute atomic E-state index is 13.3. The maximum atomic E-state index is 13.3. The topological polar surface area (TPSA) is 65.5 Å². The summed E-state index contributed by atoms with van der Waals surface area (Å²) < 4.78 is 38.3. The van der Waals surface area contributed by atoms with Gasteiger partial charge in [0.15, 0.2) is 0 Å². The molecule has 1 aliphatic carbocycles. The van der Waals surface area contributed by atoms with E-state index >= 15 is 0 Å². The van der Waals surface area contributed by atoms with Crippen LogP contribution in [0.1, 0.15) is 26.3 Å². The Labute approximate surface area is 187 Å². The Morgan fingerprint density at radius 2 is 1.97 bits per heavy atom. The molecule has 6 nitrogen and oxygen atoms in total. The number of amides is 3. The lowest BCUT2D eigenvalue weighted by atomic mass is 9.94. The van der Waals surface area contributed by atoms with Crippen molar-refractivity contribution in [2.24, 2.45) is 5.92 Å². The van der Waals surface area contributed by atoms with Crippen molar-refractivity contribution in [1.29, 1.82) is 0 Å². The summed E-state index contributed by atoms with van der Waals surface area (Å²) in [5, 5.41) is 2.79. The first kappa shape index (κ1) is 23.5. The Morgan fingerprint density at radius 3 is 2.58 bits per heavy atom. The van der Waals surface area contributed by atoms with Gasteiger partial charge in [-0.2, -0.15) is 13.2 Å². The predicted octanol–water partition coefficient (Wildman–Crippen LogP) is 4.94. The molecular formula is C20H22ClF3N4O2S. The second kappa shape index (κ2) is 8.38. The summed E-state index contributed by atoms with van der Waals surface area (Å²) >= 11 is 5.78. The van der Waals surface area contributed by atoms with Crippen molar-refractivity contribution in [3.63, 3.8) is 0 Å². The number of anilines is 1. The Kier molecular flexibility index (Phi) is 6.35. The number of imide groups is 1. The zero-order valence-corrected chi connectivity index (χ0v) is 18.9. The Balaban J connectivity index is 1.88. The Bertz CT molecular complexity index is 964. The number of allylic oxidation sites excluding steroid dienone is 1. The Morgan fingerprint density at radius 1 is 1.29 bits per heavy atom. The quantitative estimate of drug-likeness (QED) is 0.612. The van der Waals surface area contributed by atoms with Crippen molar-refractivity contribution in [2.75, 3.05) is 12.4 Å². The molecule has 0 saturated carbocycles. The van der Waals surface area contributed by atoms with Crippen molar-refractivity contribution in [2.45, 2.75) is 44.4 Å². The SMILES string of the molecule is CNc1cc(CN2C(=O)N(C3C=C(Cl)C(SC(F)(F)F)=CC3C)C(=O)C2(C)C)ccn1. The number of hydrogen-bond donors (Lipinski definition) is 1. The number of rotatable bonds is 5. The summed E-state index contributed by atoms with van der Waals surface area (Å²) in [6.07, 6.45) is 4.30. The number of nitrogens with one attached hydrogen (secondary N) is 1. The monoisotopic (exact) mass is 474 g/mol. The normalized spacial score (nSPS) is 23.7. The van der Waals surface area contributed by atoms with Gasteiger partial charge in [-0.25, -0.2) is 9.78 Å². The van der Waals surface area contributed by atoms with Gasteiger partial charge < -0.3 is 10.2 Å². The molecule has 1 fully saturated rings. The molecule has 1 saturated heterocycles. The van der Waals surface area contributed by atoms with Gasteiger partial charge in [0.05, 0.1) is 11.1 Å². The molecule has 11 heteroatoms. The molecule has 0 radical (unpaired) electrons. The van der Waals surface area contributed by atoms with Gasteiger partial charge in [-0.05, 0) is 49.4 Å². The number of pyridine rings is 1. The van der Waals surface area contributed by atoms with Crippen LogP contribution < -0.4 is 5.32 Å². The number of hydrogen-bond acceptors (Lipinski definition) is 5. The van der Waals surface area contributed by atoms with Crippen LogP contribution in [0.15, 0.2) is 40.4 Å². The van der Waals surface area contributed by atoms with Gasteiger partial charge in [-0.15, -0.1) is 0 Å². The molecule has 168 valence electrons. The fourth-order valence-electron chi connectivity index (χ4n) is 3.60. The van der Waals surface area contributed by atoms with Gasteiger partial charge in [0, 0.05) is 30.6 Å². The molecule has 1 aromatic rings. The van der Waals surface area contributed by atoms with E-state index in [1.165, 1.54) is 17.1 Å². The average Bonchev–Trinajstić information content (AvgIpc) is 2.83. The zero-order chi connectivity index (χ0) is 23.1. The highest BCUT2D eigenvalue weighted by Crippen LogP contribution is 2.45. The fraction of sp³-hybridized carbons (Fsp3) is 0.450. The highest BCUT2D eigenvalue weighted by Gasteiger charge is 2.54. The molecule has 0 bridgehead atoms. The highest BCUT2D eigenvalue weighted by atomic mass is 35.5. The van der Waals surface area contributed by atoms with Gasteiger partial charge in [-0.3, -0.25) is 9.69 Å². The standard InChI is InChI=1S/C20H22ClF3N4O2S/c1-11-7-15(31-20(22,23)24)13(21)9-14(11)28-17(29)19(2,3)27(18(28)30)10-12-5-6-26-16(8-12)25-4/h5-9,11,14H,10H2,1-4H3,(H,25,26). The van der Waals surface area contributed by atoms with Gasteiger partial charge >= 0.3 is 11.5 Å². The Hall–Kier alpha value is -2.20. The molecule has 2 heterocycles. The van der Waals surface area contributed by atoms with E-state index in [9.17, 15) is 22.8 Å². The number of aromatic nitrogens is 1. The van der Waals surface area contributed by atoms with Crippen molar-refractivity contribution < 1.29 is 22.8 Å². The molecule has 3 amide bonds. The van der Waals surface area contributed by atoms with E-state index in [1.807, 2.05) is 0 Å². The molecule has 2 unspecified atom stereocenters. The van der Waals surface area contributed by atoms with Crippen LogP contribution in [0.5, 0.6) is 0 Å². The number of alkyl halides is 3. The van der Waals surface area contributed by atoms with Crippen LogP contribution in [0.2, 0.25) is 0 Å². The lowest BCUT2D eigenvalue weighted by molar-refractivity contribution is -0.133. The molecule has 2 atom stereocenters. The van der Waals surface area contributed by atoms with Crippen LogP contribution in [0, 0.1) is 5.92 Å².